The summed E-state index contributed by atoms with van der Waals surface area (Å²) in [5.41, 5.74) is 0.886. The number of carboxylic acid groups (broad SMARTS) is 1. The number of halogens is 2. The van der Waals surface area contributed by atoms with Crippen molar-refractivity contribution < 1.29 is 14.3 Å². The van der Waals surface area contributed by atoms with E-state index in [2.05, 4.69) is 46.8 Å². The van der Waals surface area contributed by atoms with E-state index in [9.17, 15) is 9.18 Å². The lowest BCUT2D eigenvalue weighted by molar-refractivity contribution is 0.191. The van der Waals surface area contributed by atoms with E-state index >= 15 is 0 Å². The molecule has 158 valence electrons. The van der Waals surface area contributed by atoms with Crippen LogP contribution in [0.3, 0.4) is 0 Å². The van der Waals surface area contributed by atoms with E-state index in [4.69, 9.17) is 5.11 Å². The van der Waals surface area contributed by atoms with Crippen molar-refractivity contribution in [2.24, 2.45) is 0 Å². The van der Waals surface area contributed by atoms with Crippen molar-refractivity contribution >= 4 is 39.2 Å². The van der Waals surface area contributed by atoms with Crippen LogP contribution >= 0.6 is 15.9 Å². The molecule has 1 fully saturated rings. The second kappa shape index (κ2) is 11.3. The van der Waals surface area contributed by atoms with Crippen LogP contribution in [-0.2, 0) is 0 Å². The number of alkyl halides is 1. The van der Waals surface area contributed by atoms with E-state index in [1.54, 1.807) is 43.2 Å². The quantitative estimate of drug-likeness (QED) is 0.447. The van der Waals surface area contributed by atoms with Crippen molar-refractivity contribution in [2.45, 2.75) is 51.7 Å². The van der Waals surface area contributed by atoms with Crippen LogP contribution in [0, 0.1) is 0 Å². The smallest absolute Gasteiger partial charge is 0.404 e. The lowest BCUT2D eigenvalue weighted by Gasteiger charge is -2.04. The van der Waals surface area contributed by atoms with Gasteiger partial charge in [-0.2, -0.15) is 10.2 Å². The van der Waals surface area contributed by atoms with Crippen LogP contribution in [0.4, 0.5) is 20.8 Å². The molecule has 4 N–H and O–H groups in total. The summed E-state index contributed by atoms with van der Waals surface area (Å²) in [5, 5.41) is 24.2. The van der Waals surface area contributed by atoms with Crippen molar-refractivity contribution in [3.8, 4) is 0 Å². The molecule has 1 aliphatic carbocycles. The molecule has 3 aromatic heterocycles. The minimum Gasteiger partial charge on any atom is -0.465 e. The first-order chi connectivity index (χ1) is 13.9. The highest BCUT2D eigenvalue weighted by atomic mass is 79.9. The molecule has 1 amide bonds. The summed E-state index contributed by atoms with van der Waals surface area (Å²) >= 11 is 3.43. The predicted octanol–water partition coefficient (Wildman–Crippen LogP) is 4.52. The zero-order valence-electron chi connectivity index (χ0n) is 16.3. The van der Waals surface area contributed by atoms with E-state index in [1.807, 2.05) is 6.07 Å². The third kappa shape index (κ3) is 7.68. The first kappa shape index (κ1) is 22.6. The highest BCUT2D eigenvalue weighted by Crippen LogP contribution is 2.25. The predicted molar refractivity (Wildman–Crippen MR) is 112 cm³/mol. The highest BCUT2D eigenvalue weighted by molar-refractivity contribution is 9.10. The number of rotatable bonds is 3. The van der Waals surface area contributed by atoms with Gasteiger partial charge in [-0.25, -0.2) is 18.7 Å². The highest BCUT2D eigenvalue weighted by Gasteiger charge is 2.11. The Labute approximate surface area is 176 Å². The first-order valence-electron chi connectivity index (χ1n) is 9.24. The average molecular weight is 470 g/mol. The van der Waals surface area contributed by atoms with Crippen molar-refractivity contribution in [2.75, 3.05) is 5.32 Å². The SMILES string of the molecule is Brc1cnn2ccnc(Nc3ccn[nH]3)c12.CC(C)NC(=O)O.FC1CCCC1. The van der Waals surface area contributed by atoms with Gasteiger partial charge in [-0.05, 0) is 42.6 Å². The third-order valence-electron chi connectivity index (χ3n) is 3.84. The van der Waals surface area contributed by atoms with Gasteiger partial charge in [0.25, 0.3) is 0 Å². The minimum atomic E-state index is -0.963. The van der Waals surface area contributed by atoms with Gasteiger partial charge in [0, 0.05) is 24.5 Å². The van der Waals surface area contributed by atoms with Gasteiger partial charge in [0.1, 0.15) is 17.5 Å². The zero-order valence-corrected chi connectivity index (χ0v) is 17.9. The number of aromatic nitrogens is 5. The van der Waals surface area contributed by atoms with Crippen LogP contribution in [0.15, 0.2) is 35.3 Å². The van der Waals surface area contributed by atoms with Gasteiger partial charge in [0.2, 0.25) is 0 Å². The fraction of sp³-hybridized carbons (Fsp3) is 0.444. The lowest BCUT2D eigenvalue weighted by Crippen LogP contribution is -2.27. The van der Waals surface area contributed by atoms with Crippen LogP contribution in [0.5, 0.6) is 0 Å². The second-order valence-electron chi connectivity index (χ2n) is 6.64. The Morgan fingerprint density at radius 3 is 2.59 bits per heavy atom. The minimum absolute atomic E-state index is 0.0255. The van der Waals surface area contributed by atoms with Crippen LogP contribution in [-0.4, -0.2) is 48.2 Å². The summed E-state index contributed by atoms with van der Waals surface area (Å²) in [7, 11) is 0. The number of hydrogen-bond donors (Lipinski definition) is 4. The molecular weight excluding hydrogens is 445 g/mol. The number of amides is 1. The third-order valence-corrected chi connectivity index (χ3v) is 4.42. The maximum Gasteiger partial charge on any atom is 0.404 e. The topological polar surface area (TPSA) is 120 Å². The van der Waals surface area contributed by atoms with Crippen LogP contribution in [0.1, 0.15) is 39.5 Å². The molecule has 0 bridgehead atoms. The maximum absolute atomic E-state index is 11.9. The Morgan fingerprint density at radius 2 is 2.10 bits per heavy atom. The first-order valence-corrected chi connectivity index (χ1v) is 10.0. The van der Waals surface area contributed by atoms with Gasteiger partial charge >= 0.3 is 6.09 Å². The number of H-pyrrole nitrogens is 1. The van der Waals surface area contributed by atoms with E-state index in [0.29, 0.717) is 0 Å². The Bertz CT molecular complexity index is 880. The number of fused-ring (bicyclic) bond motifs is 1. The van der Waals surface area contributed by atoms with Crippen molar-refractivity contribution in [3.63, 3.8) is 0 Å². The summed E-state index contributed by atoms with van der Waals surface area (Å²) in [4.78, 5) is 14.0. The molecule has 0 aromatic carbocycles. The molecule has 29 heavy (non-hydrogen) atoms. The molecule has 3 heterocycles. The molecule has 1 aliphatic rings. The molecular formula is C18H25BrFN7O2. The van der Waals surface area contributed by atoms with Crippen LogP contribution in [0.2, 0.25) is 0 Å². The normalized spacial score (nSPS) is 13.4. The summed E-state index contributed by atoms with van der Waals surface area (Å²) < 4.78 is 14.6. The number of nitrogens with zero attached hydrogens (tertiary/aromatic N) is 4. The molecule has 0 spiro atoms. The summed E-state index contributed by atoms with van der Waals surface area (Å²) in [6.07, 6.45) is 9.33. The molecule has 0 aliphatic heterocycles. The summed E-state index contributed by atoms with van der Waals surface area (Å²) in [5.74, 6) is 1.50. The fourth-order valence-electron chi connectivity index (χ4n) is 2.58. The number of aromatic amines is 1. The Hall–Kier alpha value is -2.69. The average Bonchev–Trinajstić information content (AvgIpc) is 3.39. The van der Waals surface area contributed by atoms with Crippen molar-refractivity contribution in [3.05, 3.63) is 35.3 Å². The van der Waals surface area contributed by atoms with Gasteiger partial charge in [-0.15, -0.1) is 0 Å². The Kier molecular flexibility index (Phi) is 8.84. The van der Waals surface area contributed by atoms with E-state index in [1.165, 1.54) is 0 Å². The van der Waals surface area contributed by atoms with Gasteiger partial charge in [-0.3, -0.25) is 5.10 Å². The monoisotopic (exact) mass is 469 g/mol. The van der Waals surface area contributed by atoms with Gasteiger partial charge in [0.05, 0.1) is 16.9 Å². The van der Waals surface area contributed by atoms with Crippen molar-refractivity contribution in [1.29, 1.82) is 0 Å². The van der Waals surface area contributed by atoms with Crippen LogP contribution in [0.25, 0.3) is 5.52 Å². The largest absolute Gasteiger partial charge is 0.465 e. The van der Waals surface area contributed by atoms with Gasteiger partial charge in [-0.1, -0.05) is 12.8 Å². The van der Waals surface area contributed by atoms with E-state index < -0.39 is 12.3 Å². The van der Waals surface area contributed by atoms with E-state index in [0.717, 1.165) is 47.3 Å². The standard InChI is InChI=1S/C9H7BrN6.C5H9F.C4H9NO2/c10-6-5-13-16-4-3-11-9(8(6)16)14-7-1-2-12-15-7;6-5-3-1-2-4-5;1-3(2)5-4(6)7/h1-5H,(H2,11,12,14,15);5H,1-4H2;3,5H,1-2H3,(H,6,7). The lowest BCUT2D eigenvalue weighted by atomic mass is 10.3. The summed E-state index contributed by atoms with van der Waals surface area (Å²) in [6, 6.07) is 1.85. The molecule has 11 heteroatoms. The Balaban J connectivity index is 0.000000192. The second-order valence-corrected chi connectivity index (χ2v) is 7.50. The molecule has 4 rings (SSSR count). The molecule has 0 saturated heterocycles. The zero-order chi connectivity index (χ0) is 21.2. The Morgan fingerprint density at radius 1 is 1.38 bits per heavy atom. The molecule has 0 unspecified atom stereocenters. The summed E-state index contributed by atoms with van der Waals surface area (Å²) in [6.45, 7) is 3.54. The molecule has 9 nitrogen and oxygen atoms in total. The molecule has 3 aromatic rings. The number of nitrogens with one attached hydrogen (secondary N) is 3. The van der Waals surface area contributed by atoms with Gasteiger partial charge in [0.15, 0.2) is 5.82 Å². The number of hydrogen-bond acceptors (Lipinski definition) is 5. The molecule has 0 radical (unpaired) electrons. The maximum atomic E-state index is 11.9. The number of carbonyl (C=O) groups is 1. The number of anilines is 2. The van der Waals surface area contributed by atoms with Crippen molar-refractivity contribution in [1.82, 2.24) is 30.1 Å². The fourth-order valence-corrected chi connectivity index (χ4v) is 3.04. The molecule has 1 saturated carbocycles. The van der Waals surface area contributed by atoms with E-state index in [-0.39, 0.29) is 6.04 Å². The molecule has 0 atom stereocenters. The van der Waals surface area contributed by atoms with Crippen LogP contribution < -0.4 is 10.6 Å². The van der Waals surface area contributed by atoms with Gasteiger partial charge < -0.3 is 15.7 Å².